The van der Waals surface area contributed by atoms with Gasteiger partial charge in [0.1, 0.15) is 6.10 Å². The van der Waals surface area contributed by atoms with E-state index in [9.17, 15) is 4.79 Å². The van der Waals surface area contributed by atoms with E-state index in [1.54, 1.807) is 7.05 Å². The quantitative estimate of drug-likeness (QED) is 0.618. The number of carbonyl (C=O) groups excluding carboxylic acids is 1. The van der Waals surface area contributed by atoms with Crippen LogP contribution in [0.25, 0.3) is 0 Å². The second-order valence-electron chi connectivity index (χ2n) is 2.12. The summed E-state index contributed by atoms with van der Waals surface area (Å²) in [5.74, 6) is 0.00694. The van der Waals surface area contributed by atoms with E-state index in [0.29, 0.717) is 0 Å². The molecule has 0 bridgehead atoms. The van der Waals surface area contributed by atoms with Crippen LogP contribution in [0.15, 0.2) is 0 Å². The maximum atomic E-state index is 10.8. The number of likely N-dealkylation sites (N-methyl/N-ethyl adjacent to an activating group) is 1. The van der Waals surface area contributed by atoms with Gasteiger partial charge in [-0.25, -0.2) is 0 Å². The lowest BCUT2D eigenvalue weighted by atomic mass is 10.2. The van der Waals surface area contributed by atoms with Gasteiger partial charge in [0.25, 0.3) is 0 Å². The molecule has 1 fully saturated rings. The highest BCUT2D eigenvalue weighted by molar-refractivity contribution is 5.80. The zero-order valence-corrected chi connectivity index (χ0v) is 7.52. The fourth-order valence-electron chi connectivity index (χ4n) is 0.945. The zero-order valence-electron chi connectivity index (χ0n) is 7.52. The summed E-state index contributed by atoms with van der Waals surface area (Å²) in [6.45, 7) is 4.73. The second-order valence-corrected chi connectivity index (χ2v) is 2.12. The molecular weight excluding hydrogens is 142 g/mol. The number of carbonyl (C=O) groups is 1. The molecule has 11 heavy (non-hydrogen) atoms. The summed E-state index contributed by atoms with van der Waals surface area (Å²) < 4.78 is 5.09. The summed E-state index contributed by atoms with van der Waals surface area (Å²) in [5.41, 5.74) is 0. The molecule has 0 radical (unpaired) electrons. The van der Waals surface area contributed by atoms with Gasteiger partial charge >= 0.3 is 0 Å². The van der Waals surface area contributed by atoms with Gasteiger partial charge in [-0.2, -0.15) is 0 Å². The molecule has 1 atom stereocenters. The summed E-state index contributed by atoms with van der Waals surface area (Å²) >= 11 is 0. The molecule has 0 aliphatic carbocycles. The first-order chi connectivity index (χ1) is 5.34. The minimum Gasteiger partial charge on any atom is -0.368 e. The Morgan fingerprint density at radius 3 is 2.55 bits per heavy atom. The predicted octanol–water partition coefficient (Wildman–Crippen LogP) is 0.938. The van der Waals surface area contributed by atoms with E-state index in [4.69, 9.17) is 4.74 Å². The number of amides is 1. The number of hydrogen-bond donors (Lipinski definition) is 1. The number of ether oxygens (including phenoxy) is 1. The van der Waals surface area contributed by atoms with Crippen LogP contribution in [0.3, 0.4) is 0 Å². The van der Waals surface area contributed by atoms with Crippen molar-refractivity contribution < 1.29 is 9.53 Å². The Morgan fingerprint density at radius 2 is 2.18 bits per heavy atom. The SMILES string of the molecule is CC.CNC(=O)C1CCCO1. The van der Waals surface area contributed by atoms with Crippen LogP contribution in [-0.2, 0) is 9.53 Å². The van der Waals surface area contributed by atoms with Crippen molar-refractivity contribution in [3.8, 4) is 0 Å². The van der Waals surface area contributed by atoms with Crippen LogP contribution in [0.1, 0.15) is 26.7 Å². The van der Waals surface area contributed by atoms with Crippen molar-refractivity contribution in [2.24, 2.45) is 0 Å². The van der Waals surface area contributed by atoms with Crippen molar-refractivity contribution in [3.63, 3.8) is 0 Å². The molecule has 0 aromatic rings. The van der Waals surface area contributed by atoms with Crippen molar-refractivity contribution in [3.05, 3.63) is 0 Å². The molecule has 1 aliphatic heterocycles. The maximum absolute atomic E-state index is 10.8. The maximum Gasteiger partial charge on any atom is 0.248 e. The molecule has 1 saturated heterocycles. The predicted molar refractivity (Wildman–Crippen MR) is 44.4 cm³/mol. The van der Waals surface area contributed by atoms with Crippen LogP contribution in [0.5, 0.6) is 0 Å². The van der Waals surface area contributed by atoms with Gasteiger partial charge < -0.3 is 10.1 Å². The van der Waals surface area contributed by atoms with E-state index < -0.39 is 0 Å². The lowest BCUT2D eigenvalue weighted by molar-refractivity contribution is -0.129. The van der Waals surface area contributed by atoms with Gasteiger partial charge in [-0.1, -0.05) is 13.8 Å². The summed E-state index contributed by atoms with van der Waals surface area (Å²) in [6, 6.07) is 0. The molecule has 0 spiro atoms. The van der Waals surface area contributed by atoms with Crippen LogP contribution in [0.4, 0.5) is 0 Å². The Morgan fingerprint density at radius 1 is 1.55 bits per heavy atom. The monoisotopic (exact) mass is 159 g/mol. The molecule has 66 valence electrons. The average Bonchev–Trinajstić information content (AvgIpc) is 2.59. The topological polar surface area (TPSA) is 38.3 Å². The molecule has 3 nitrogen and oxygen atoms in total. The number of nitrogens with one attached hydrogen (secondary N) is 1. The molecule has 1 heterocycles. The first-order valence-electron chi connectivity index (χ1n) is 4.18. The highest BCUT2D eigenvalue weighted by atomic mass is 16.5. The molecular formula is C8H17NO2. The van der Waals surface area contributed by atoms with Gasteiger partial charge in [0.2, 0.25) is 5.91 Å². The molecule has 1 N–H and O–H groups in total. The van der Waals surface area contributed by atoms with Crippen molar-refractivity contribution in [1.29, 1.82) is 0 Å². The van der Waals surface area contributed by atoms with Gasteiger partial charge in [-0.3, -0.25) is 4.79 Å². The lowest BCUT2D eigenvalue weighted by Crippen LogP contribution is -2.30. The Kier molecular flexibility index (Phi) is 5.84. The van der Waals surface area contributed by atoms with E-state index in [1.807, 2.05) is 13.8 Å². The first kappa shape index (κ1) is 10.4. The third-order valence-electron chi connectivity index (χ3n) is 1.47. The fraction of sp³-hybridized carbons (Fsp3) is 0.875. The summed E-state index contributed by atoms with van der Waals surface area (Å²) in [4.78, 5) is 10.8. The van der Waals surface area contributed by atoms with Crippen LogP contribution in [-0.4, -0.2) is 25.7 Å². The Bertz CT molecular complexity index is 109. The molecule has 0 aromatic heterocycles. The van der Waals surface area contributed by atoms with E-state index in [1.165, 1.54) is 0 Å². The Labute approximate surface area is 68.1 Å². The van der Waals surface area contributed by atoms with E-state index >= 15 is 0 Å². The molecule has 1 amide bonds. The average molecular weight is 159 g/mol. The third-order valence-corrected chi connectivity index (χ3v) is 1.47. The summed E-state index contributed by atoms with van der Waals surface area (Å²) in [6.07, 6.45) is 1.72. The summed E-state index contributed by atoms with van der Waals surface area (Å²) in [5, 5.41) is 2.54. The van der Waals surface area contributed by atoms with Gasteiger partial charge in [-0.05, 0) is 12.8 Å². The van der Waals surface area contributed by atoms with Crippen molar-refractivity contribution in [2.45, 2.75) is 32.8 Å². The Hall–Kier alpha value is -0.570. The first-order valence-corrected chi connectivity index (χ1v) is 4.18. The molecule has 0 aromatic carbocycles. The van der Waals surface area contributed by atoms with Gasteiger partial charge in [0, 0.05) is 13.7 Å². The molecule has 1 unspecified atom stereocenters. The van der Waals surface area contributed by atoms with Crippen molar-refractivity contribution >= 4 is 5.91 Å². The smallest absolute Gasteiger partial charge is 0.248 e. The van der Waals surface area contributed by atoms with Gasteiger partial charge in [-0.15, -0.1) is 0 Å². The van der Waals surface area contributed by atoms with Crippen LogP contribution < -0.4 is 5.32 Å². The summed E-state index contributed by atoms with van der Waals surface area (Å²) in [7, 11) is 1.63. The fourth-order valence-corrected chi connectivity index (χ4v) is 0.945. The third kappa shape index (κ3) is 3.37. The van der Waals surface area contributed by atoms with Gasteiger partial charge in [0.15, 0.2) is 0 Å². The zero-order chi connectivity index (χ0) is 8.69. The number of rotatable bonds is 1. The number of hydrogen-bond acceptors (Lipinski definition) is 2. The highest BCUT2D eigenvalue weighted by Gasteiger charge is 2.21. The van der Waals surface area contributed by atoms with E-state index in [0.717, 1.165) is 19.4 Å². The standard InChI is InChI=1S/C6H11NO2.C2H6/c1-7-6(8)5-3-2-4-9-5;1-2/h5H,2-4H2,1H3,(H,7,8);1-2H3. The van der Waals surface area contributed by atoms with Crippen molar-refractivity contribution in [2.75, 3.05) is 13.7 Å². The molecule has 3 heteroatoms. The van der Waals surface area contributed by atoms with Crippen LogP contribution in [0, 0.1) is 0 Å². The molecule has 1 rings (SSSR count). The Balaban J connectivity index is 0.000000461. The van der Waals surface area contributed by atoms with Gasteiger partial charge in [0.05, 0.1) is 0 Å². The molecule has 0 saturated carbocycles. The largest absolute Gasteiger partial charge is 0.368 e. The minimum atomic E-state index is -0.171. The van der Waals surface area contributed by atoms with Crippen LogP contribution in [0.2, 0.25) is 0 Å². The van der Waals surface area contributed by atoms with Crippen molar-refractivity contribution in [1.82, 2.24) is 5.32 Å². The highest BCUT2D eigenvalue weighted by Crippen LogP contribution is 2.10. The normalized spacial score (nSPS) is 21.9. The van der Waals surface area contributed by atoms with Crippen LogP contribution >= 0.6 is 0 Å². The van der Waals surface area contributed by atoms with E-state index in [-0.39, 0.29) is 12.0 Å². The molecule has 1 aliphatic rings. The minimum absolute atomic E-state index is 0.00694. The van der Waals surface area contributed by atoms with E-state index in [2.05, 4.69) is 5.32 Å². The second kappa shape index (κ2) is 6.16. The lowest BCUT2D eigenvalue weighted by Gasteiger charge is -2.05.